The molecule has 0 aromatic carbocycles. The van der Waals surface area contributed by atoms with E-state index in [-0.39, 0.29) is 54.3 Å². The molecular weight excluding hydrogens is 551 g/mol. The zero-order chi connectivity index (χ0) is 27.5. The molecule has 0 spiro atoms. The molecule has 7 N–H and O–H groups in total. The number of nitrogens with zero attached hydrogens (tertiary/aromatic N) is 7. The van der Waals surface area contributed by atoms with Crippen molar-refractivity contribution in [3.05, 3.63) is 28.9 Å². The lowest BCUT2D eigenvalue weighted by Crippen LogP contribution is -2.32. The number of rotatable bonds is 3. The molecule has 6 rings (SSSR count). The van der Waals surface area contributed by atoms with Gasteiger partial charge in [0, 0.05) is 6.20 Å². The SMILES string of the molecule is CC1CC2C[C@H](n3ccc4c(N)ncnc43)O[C@@H]2COP(O)(=S)O[C@@H]([C@@H](O)n2nnc3c(=O)[nH]c(N)nc32)C1. The van der Waals surface area contributed by atoms with E-state index >= 15 is 0 Å². The van der Waals surface area contributed by atoms with Crippen LogP contribution in [0.4, 0.5) is 11.8 Å². The number of aliphatic hydroxyl groups is 1. The zero-order valence-electron chi connectivity index (χ0n) is 20.7. The minimum Gasteiger partial charge on any atom is -0.383 e. The Morgan fingerprint density at radius 3 is 2.90 bits per heavy atom. The fourth-order valence-corrected chi connectivity index (χ4v) is 6.84. The summed E-state index contributed by atoms with van der Waals surface area (Å²) >= 11 is 5.28. The van der Waals surface area contributed by atoms with E-state index < -0.39 is 24.6 Å². The van der Waals surface area contributed by atoms with Gasteiger partial charge >= 0.3 is 6.72 Å². The van der Waals surface area contributed by atoms with Gasteiger partial charge in [0.1, 0.15) is 30.1 Å². The van der Waals surface area contributed by atoms with Crippen molar-refractivity contribution >= 4 is 52.5 Å². The quantitative estimate of drug-likeness (QED) is 0.209. The van der Waals surface area contributed by atoms with Crippen molar-refractivity contribution in [3.8, 4) is 0 Å². The topological polar surface area (TPSA) is 227 Å². The van der Waals surface area contributed by atoms with Gasteiger partial charge in [-0.2, -0.15) is 9.67 Å². The normalized spacial score (nSPS) is 30.9. The van der Waals surface area contributed by atoms with Gasteiger partial charge in [-0.15, -0.1) is 5.10 Å². The Labute approximate surface area is 225 Å². The molecule has 2 aliphatic heterocycles. The van der Waals surface area contributed by atoms with Crippen LogP contribution >= 0.6 is 6.72 Å². The molecule has 2 aliphatic rings. The Hall–Kier alpha value is -3.05. The van der Waals surface area contributed by atoms with Gasteiger partial charge in [-0.05, 0) is 49.0 Å². The van der Waals surface area contributed by atoms with E-state index in [1.54, 1.807) is 0 Å². The van der Waals surface area contributed by atoms with Crippen molar-refractivity contribution in [2.24, 2.45) is 11.8 Å². The van der Waals surface area contributed by atoms with Gasteiger partial charge in [0.2, 0.25) is 5.95 Å². The fraction of sp³-hybridized carbons (Fsp3) is 0.524. The monoisotopic (exact) mass is 578 g/mol. The lowest BCUT2D eigenvalue weighted by molar-refractivity contribution is -0.0585. The summed E-state index contributed by atoms with van der Waals surface area (Å²) in [4.78, 5) is 37.8. The molecule has 0 aliphatic carbocycles. The van der Waals surface area contributed by atoms with E-state index in [4.69, 9.17) is 37.1 Å². The van der Waals surface area contributed by atoms with Crippen LogP contribution in [0.2, 0.25) is 0 Å². The first-order chi connectivity index (χ1) is 18.6. The number of nitrogen functional groups attached to an aromatic ring is 2. The van der Waals surface area contributed by atoms with E-state index in [1.165, 1.54) is 6.33 Å². The number of fused-ring (bicyclic) bond motifs is 3. The first kappa shape index (κ1) is 26.2. The Bertz CT molecular complexity index is 1640. The third-order valence-corrected chi connectivity index (χ3v) is 8.75. The summed E-state index contributed by atoms with van der Waals surface area (Å²) in [6.07, 6.45) is 1.73. The van der Waals surface area contributed by atoms with Crippen molar-refractivity contribution in [2.75, 3.05) is 18.1 Å². The van der Waals surface area contributed by atoms with Crippen LogP contribution < -0.4 is 17.0 Å². The van der Waals surface area contributed by atoms with Crippen LogP contribution in [-0.2, 0) is 25.6 Å². The number of H-pyrrole nitrogens is 1. The van der Waals surface area contributed by atoms with Crippen molar-refractivity contribution in [2.45, 2.75) is 50.8 Å². The Kier molecular flexibility index (Phi) is 6.61. The Morgan fingerprint density at radius 2 is 2.08 bits per heavy atom. The molecule has 6 heterocycles. The summed E-state index contributed by atoms with van der Waals surface area (Å²) in [7, 11) is 0. The summed E-state index contributed by atoms with van der Waals surface area (Å²) in [5.41, 5.74) is 11.6. The number of nitrogens with one attached hydrogen (secondary N) is 1. The predicted octanol–water partition coefficient (Wildman–Crippen LogP) is 0.567. The molecule has 2 fully saturated rings. The Morgan fingerprint density at radius 1 is 1.26 bits per heavy atom. The van der Waals surface area contributed by atoms with Crippen LogP contribution in [0.3, 0.4) is 0 Å². The summed E-state index contributed by atoms with van der Waals surface area (Å²) in [6, 6.07) is 1.85. The number of ether oxygens (including phenoxy) is 1. The summed E-state index contributed by atoms with van der Waals surface area (Å²) < 4.78 is 20.8. The second kappa shape index (κ2) is 9.85. The van der Waals surface area contributed by atoms with Gasteiger partial charge in [0.15, 0.2) is 17.4 Å². The standard InChI is InChI=1S/C21H27N10O6PS/c1-9-4-10-6-14(30-3-2-11-16(22)24-8-25-17(11)30)36-13(10)7-35-38(34,39)37-12(5-9)20(33)31-18-15(28-29-31)19(32)27-21(23)26-18/h2-3,8-10,12-14,20,33H,4-7H2,1H3,(H,34,39)(H2,22,24,25)(H3,23,26,27,32)/t9?,10?,12-,13-,14-,20-,38?/m1/s1. The number of aromatic amines is 1. The highest BCUT2D eigenvalue weighted by atomic mass is 32.5. The van der Waals surface area contributed by atoms with Gasteiger partial charge in [-0.25, -0.2) is 9.97 Å². The van der Waals surface area contributed by atoms with Crippen molar-refractivity contribution in [3.63, 3.8) is 0 Å². The first-order valence-corrected chi connectivity index (χ1v) is 14.9. The molecule has 7 atom stereocenters. The predicted molar refractivity (Wildman–Crippen MR) is 141 cm³/mol. The average Bonchev–Trinajstić information content (AvgIpc) is 3.59. The minimum absolute atomic E-state index is 0.000521. The second-order valence-corrected chi connectivity index (χ2v) is 12.7. The van der Waals surface area contributed by atoms with E-state index in [9.17, 15) is 14.8 Å². The molecule has 4 aromatic rings. The number of aliphatic hydroxyl groups excluding tert-OH is 1. The molecule has 16 nitrogen and oxygen atoms in total. The van der Waals surface area contributed by atoms with E-state index in [0.717, 1.165) is 10.1 Å². The molecule has 0 amide bonds. The zero-order valence-corrected chi connectivity index (χ0v) is 22.4. The van der Waals surface area contributed by atoms with Crippen molar-refractivity contribution in [1.29, 1.82) is 0 Å². The molecule has 208 valence electrons. The van der Waals surface area contributed by atoms with Crippen LogP contribution in [0.15, 0.2) is 23.4 Å². The number of aromatic nitrogens is 8. The second-order valence-electron chi connectivity index (χ2n) is 9.90. The Balaban J connectivity index is 1.26. The van der Waals surface area contributed by atoms with Gasteiger partial charge in [-0.1, -0.05) is 12.1 Å². The van der Waals surface area contributed by atoms with Crippen molar-refractivity contribution in [1.82, 2.24) is 39.5 Å². The molecule has 0 radical (unpaired) electrons. The van der Waals surface area contributed by atoms with Crippen LogP contribution in [0, 0.1) is 11.8 Å². The summed E-state index contributed by atoms with van der Waals surface area (Å²) in [5, 5.41) is 19.6. The molecule has 0 bridgehead atoms. The maximum atomic E-state index is 12.2. The van der Waals surface area contributed by atoms with Gasteiger partial charge < -0.3 is 39.8 Å². The fourth-order valence-electron chi connectivity index (χ4n) is 5.40. The van der Waals surface area contributed by atoms with Gasteiger partial charge in [-0.3, -0.25) is 9.78 Å². The highest BCUT2D eigenvalue weighted by molar-refractivity contribution is 8.07. The third-order valence-electron chi connectivity index (χ3n) is 7.16. The molecular formula is C21H27N10O6PS. The average molecular weight is 579 g/mol. The van der Waals surface area contributed by atoms with E-state index in [2.05, 4.69) is 30.2 Å². The molecule has 4 aromatic heterocycles. The number of hydrogen-bond acceptors (Lipinski definition) is 13. The summed E-state index contributed by atoms with van der Waals surface area (Å²) in [5.74, 6) is 0.284. The third kappa shape index (κ3) is 4.91. The highest BCUT2D eigenvalue weighted by Gasteiger charge is 2.41. The van der Waals surface area contributed by atoms with Crippen molar-refractivity contribution < 1.29 is 23.8 Å². The van der Waals surface area contributed by atoms with E-state index in [0.29, 0.717) is 24.3 Å². The summed E-state index contributed by atoms with van der Waals surface area (Å²) in [6.45, 7) is -1.81. The number of nitrogens with two attached hydrogens (primary N) is 2. The van der Waals surface area contributed by atoms with Gasteiger partial charge in [0.25, 0.3) is 5.56 Å². The van der Waals surface area contributed by atoms with Crippen LogP contribution in [-0.4, -0.2) is 68.3 Å². The molecule has 2 saturated heterocycles. The van der Waals surface area contributed by atoms with Crippen LogP contribution in [0.5, 0.6) is 0 Å². The minimum atomic E-state index is -3.82. The lowest BCUT2D eigenvalue weighted by atomic mass is 9.87. The van der Waals surface area contributed by atoms with E-state index in [1.807, 2.05) is 23.8 Å². The maximum absolute atomic E-state index is 12.2. The number of anilines is 2. The lowest BCUT2D eigenvalue weighted by Gasteiger charge is -2.32. The largest absolute Gasteiger partial charge is 0.383 e. The van der Waals surface area contributed by atoms with Crippen LogP contribution in [0.25, 0.3) is 22.2 Å². The van der Waals surface area contributed by atoms with Crippen LogP contribution in [0.1, 0.15) is 38.6 Å². The smallest absolute Gasteiger partial charge is 0.325 e. The molecule has 0 saturated carbocycles. The maximum Gasteiger partial charge on any atom is 0.325 e. The molecule has 39 heavy (non-hydrogen) atoms. The number of hydrogen-bond donors (Lipinski definition) is 5. The first-order valence-electron chi connectivity index (χ1n) is 12.3. The molecule has 18 heteroatoms. The van der Waals surface area contributed by atoms with Gasteiger partial charge in [0.05, 0.1) is 18.1 Å². The highest BCUT2D eigenvalue weighted by Crippen LogP contribution is 2.50. The molecule has 3 unspecified atom stereocenters.